The molecule has 0 aliphatic carbocycles. The van der Waals surface area contributed by atoms with Gasteiger partial charge in [-0.05, 0) is 43.5 Å². The van der Waals surface area contributed by atoms with E-state index in [0.29, 0.717) is 24.8 Å². The molecule has 6 nitrogen and oxygen atoms in total. The molecule has 1 aliphatic heterocycles. The molecule has 1 saturated heterocycles. The molecule has 0 saturated carbocycles. The fourth-order valence-electron chi connectivity index (χ4n) is 3.73. The van der Waals surface area contributed by atoms with E-state index in [4.69, 9.17) is 9.15 Å². The van der Waals surface area contributed by atoms with Gasteiger partial charge in [-0.15, -0.1) is 0 Å². The number of carbonyl (C=O) groups excluding carboxylic acids is 1. The Hall–Kier alpha value is -3.02. The van der Waals surface area contributed by atoms with Gasteiger partial charge in [-0.2, -0.15) is 5.10 Å². The SMILES string of the molecule is COc1cccc(-c2cn[nH]c2C2CCN(C(=O)c3occc3C)CC2)c1. The lowest BCUT2D eigenvalue weighted by Gasteiger charge is -2.31. The minimum atomic E-state index is -0.0198. The van der Waals surface area contributed by atoms with Crippen LogP contribution in [0.2, 0.25) is 0 Å². The normalized spacial score (nSPS) is 15.1. The van der Waals surface area contributed by atoms with Crippen LogP contribution in [0.15, 0.2) is 47.2 Å². The number of aryl methyl sites for hydroxylation is 1. The lowest BCUT2D eigenvalue weighted by Crippen LogP contribution is -2.38. The van der Waals surface area contributed by atoms with Crippen molar-refractivity contribution in [1.82, 2.24) is 15.1 Å². The van der Waals surface area contributed by atoms with E-state index in [1.165, 1.54) is 0 Å². The summed E-state index contributed by atoms with van der Waals surface area (Å²) in [5, 5.41) is 7.45. The highest BCUT2D eigenvalue weighted by Crippen LogP contribution is 2.35. The summed E-state index contributed by atoms with van der Waals surface area (Å²) >= 11 is 0. The number of hydrogen-bond acceptors (Lipinski definition) is 4. The van der Waals surface area contributed by atoms with Crippen molar-refractivity contribution in [1.29, 1.82) is 0 Å². The molecule has 0 bridgehead atoms. The second kappa shape index (κ2) is 7.31. The number of rotatable bonds is 4. The highest BCUT2D eigenvalue weighted by atomic mass is 16.5. The van der Waals surface area contributed by atoms with Gasteiger partial charge in [-0.3, -0.25) is 9.89 Å². The molecule has 6 heteroatoms. The lowest BCUT2D eigenvalue weighted by atomic mass is 9.89. The minimum absolute atomic E-state index is 0.0198. The van der Waals surface area contributed by atoms with Gasteiger partial charge in [-0.1, -0.05) is 12.1 Å². The van der Waals surface area contributed by atoms with E-state index < -0.39 is 0 Å². The summed E-state index contributed by atoms with van der Waals surface area (Å²) in [6.07, 6.45) is 5.23. The number of benzene rings is 1. The third-order valence-electron chi connectivity index (χ3n) is 5.30. The Morgan fingerprint density at radius 2 is 2.11 bits per heavy atom. The first-order valence-corrected chi connectivity index (χ1v) is 9.18. The molecule has 0 atom stereocenters. The van der Waals surface area contributed by atoms with Gasteiger partial charge in [0.15, 0.2) is 5.76 Å². The lowest BCUT2D eigenvalue weighted by molar-refractivity contribution is 0.0679. The highest BCUT2D eigenvalue weighted by Gasteiger charge is 2.29. The second-order valence-corrected chi connectivity index (χ2v) is 6.93. The first kappa shape index (κ1) is 17.4. The molecule has 1 amide bonds. The Balaban J connectivity index is 1.49. The maximum Gasteiger partial charge on any atom is 0.289 e. The van der Waals surface area contributed by atoms with Crippen LogP contribution in [0.1, 0.15) is 40.6 Å². The first-order valence-electron chi connectivity index (χ1n) is 9.18. The van der Waals surface area contributed by atoms with Crippen LogP contribution in [-0.4, -0.2) is 41.2 Å². The fourth-order valence-corrected chi connectivity index (χ4v) is 3.73. The molecule has 1 fully saturated rings. The topological polar surface area (TPSA) is 71.4 Å². The van der Waals surface area contributed by atoms with Crippen LogP contribution in [0.3, 0.4) is 0 Å². The maximum absolute atomic E-state index is 12.6. The number of ether oxygens (including phenoxy) is 1. The number of nitrogens with one attached hydrogen (secondary N) is 1. The van der Waals surface area contributed by atoms with Crippen LogP contribution >= 0.6 is 0 Å². The zero-order chi connectivity index (χ0) is 18.8. The standard InChI is InChI=1S/C21H23N3O3/c1-14-8-11-27-20(14)21(25)24-9-6-15(7-10-24)19-18(13-22-23-19)16-4-3-5-17(12-16)26-2/h3-5,8,11-13,15H,6-7,9-10H2,1-2H3,(H,22,23). The predicted molar refractivity (Wildman–Crippen MR) is 102 cm³/mol. The predicted octanol–water partition coefficient (Wildman–Crippen LogP) is 4.01. The van der Waals surface area contributed by atoms with Gasteiger partial charge in [0.2, 0.25) is 0 Å². The molecular weight excluding hydrogens is 342 g/mol. The zero-order valence-electron chi connectivity index (χ0n) is 15.6. The average Bonchev–Trinajstić information content (AvgIpc) is 3.37. The van der Waals surface area contributed by atoms with Crippen molar-refractivity contribution < 1.29 is 13.9 Å². The molecule has 3 heterocycles. The Bertz CT molecular complexity index is 936. The molecule has 2 aromatic heterocycles. The van der Waals surface area contributed by atoms with Gasteiger partial charge in [0.05, 0.1) is 19.6 Å². The van der Waals surface area contributed by atoms with E-state index in [1.54, 1.807) is 13.4 Å². The summed E-state index contributed by atoms with van der Waals surface area (Å²) in [6, 6.07) is 9.83. The monoisotopic (exact) mass is 365 g/mol. The summed E-state index contributed by atoms with van der Waals surface area (Å²) in [5.74, 6) is 1.60. The zero-order valence-corrected chi connectivity index (χ0v) is 15.6. The van der Waals surface area contributed by atoms with E-state index in [-0.39, 0.29) is 5.91 Å². The quantitative estimate of drug-likeness (QED) is 0.758. The minimum Gasteiger partial charge on any atom is -0.497 e. The van der Waals surface area contributed by atoms with Crippen molar-refractivity contribution in [3.05, 3.63) is 59.8 Å². The maximum atomic E-state index is 12.6. The third kappa shape index (κ3) is 3.35. The van der Waals surface area contributed by atoms with Gasteiger partial charge in [-0.25, -0.2) is 0 Å². The van der Waals surface area contributed by atoms with Crippen molar-refractivity contribution in [2.45, 2.75) is 25.7 Å². The molecule has 140 valence electrons. The van der Waals surface area contributed by atoms with E-state index >= 15 is 0 Å². The third-order valence-corrected chi connectivity index (χ3v) is 5.30. The van der Waals surface area contributed by atoms with Crippen molar-refractivity contribution in [3.63, 3.8) is 0 Å². The summed E-state index contributed by atoms with van der Waals surface area (Å²) in [4.78, 5) is 14.5. The van der Waals surface area contributed by atoms with Gasteiger partial charge in [0.1, 0.15) is 5.75 Å². The molecule has 0 spiro atoms. The molecule has 27 heavy (non-hydrogen) atoms. The number of nitrogens with zero attached hydrogens (tertiary/aromatic N) is 2. The van der Waals surface area contributed by atoms with Crippen LogP contribution in [0.25, 0.3) is 11.1 Å². The fraction of sp³-hybridized carbons (Fsp3) is 0.333. The number of hydrogen-bond donors (Lipinski definition) is 1. The Morgan fingerprint density at radius 3 is 2.81 bits per heavy atom. The molecule has 1 aliphatic rings. The van der Waals surface area contributed by atoms with Gasteiger partial charge < -0.3 is 14.1 Å². The van der Waals surface area contributed by atoms with Crippen molar-refractivity contribution in [2.75, 3.05) is 20.2 Å². The Morgan fingerprint density at radius 1 is 1.30 bits per heavy atom. The van der Waals surface area contributed by atoms with E-state index in [0.717, 1.165) is 41.0 Å². The van der Waals surface area contributed by atoms with Crippen LogP contribution in [0.4, 0.5) is 0 Å². The van der Waals surface area contributed by atoms with Crippen LogP contribution in [0, 0.1) is 6.92 Å². The van der Waals surface area contributed by atoms with Gasteiger partial charge in [0.25, 0.3) is 5.91 Å². The summed E-state index contributed by atoms with van der Waals surface area (Å²) in [5.41, 5.74) is 4.20. The van der Waals surface area contributed by atoms with Crippen molar-refractivity contribution in [2.24, 2.45) is 0 Å². The number of likely N-dealkylation sites (tertiary alicyclic amines) is 1. The number of carbonyl (C=O) groups is 1. The Labute approximate surface area is 158 Å². The van der Waals surface area contributed by atoms with E-state index in [1.807, 2.05) is 42.3 Å². The van der Waals surface area contributed by atoms with Crippen LogP contribution in [0.5, 0.6) is 5.75 Å². The van der Waals surface area contributed by atoms with Gasteiger partial charge in [0, 0.05) is 35.8 Å². The number of aromatic amines is 1. The molecule has 1 aromatic carbocycles. The van der Waals surface area contributed by atoms with Crippen molar-refractivity contribution in [3.8, 4) is 16.9 Å². The Kier molecular flexibility index (Phi) is 4.71. The highest BCUT2D eigenvalue weighted by molar-refractivity contribution is 5.92. The molecule has 3 aromatic rings. The van der Waals surface area contributed by atoms with Crippen LogP contribution in [-0.2, 0) is 0 Å². The number of amides is 1. The number of aromatic nitrogens is 2. The molecule has 4 rings (SSSR count). The number of furan rings is 1. The number of H-pyrrole nitrogens is 1. The molecule has 0 unspecified atom stereocenters. The molecule has 0 radical (unpaired) electrons. The number of methoxy groups -OCH3 is 1. The summed E-state index contributed by atoms with van der Waals surface area (Å²) < 4.78 is 10.7. The first-order chi connectivity index (χ1) is 13.2. The molecule has 1 N–H and O–H groups in total. The largest absolute Gasteiger partial charge is 0.497 e. The van der Waals surface area contributed by atoms with Gasteiger partial charge >= 0.3 is 0 Å². The van der Waals surface area contributed by atoms with E-state index in [9.17, 15) is 4.79 Å². The summed E-state index contributed by atoms with van der Waals surface area (Å²) in [6.45, 7) is 3.31. The average molecular weight is 365 g/mol. The van der Waals surface area contributed by atoms with Crippen molar-refractivity contribution >= 4 is 5.91 Å². The number of piperidine rings is 1. The van der Waals surface area contributed by atoms with Crippen LogP contribution < -0.4 is 4.74 Å². The van der Waals surface area contributed by atoms with E-state index in [2.05, 4.69) is 16.3 Å². The summed E-state index contributed by atoms with van der Waals surface area (Å²) in [7, 11) is 1.67. The second-order valence-electron chi connectivity index (χ2n) is 6.93. The smallest absolute Gasteiger partial charge is 0.289 e. The molecular formula is C21H23N3O3.